The molecule has 0 bridgehead atoms. The molecule has 0 aliphatic rings. The Morgan fingerprint density at radius 1 is 1.17 bits per heavy atom. The van der Waals surface area contributed by atoms with Crippen molar-refractivity contribution in [1.29, 1.82) is 0 Å². The highest BCUT2D eigenvalue weighted by molar-refractivity contribution is 8.13. The highest BCUT2D eigenvalue weighted by Crippen LogP contribution is 2.25. The van der Waals surface area contributed by atoms with Gasteiger partial charge in [-0.3, -0.25) is 0 Å². The Kier molecular flexibility index (Phi) is 6.52. The van der Waals surface area contributed by atoms with Crippen molar-refractivity contribution >= 4 is 47.1 Å². The van der Waals surface area contributed by atoms with Crippen LogP contribution in [-0.2, 0) is 0 Å². The summed E-state index contributed by atoms with van der Waals surface area (Å²) < 4.78 is 2.01. The first-order chi connectivity index (χ1) is 8.60. The molecule has 1 aromatic carbocycles. The SMILES string of the molecule is CCSN(SCC)C(=S)c1ccc(C(=O)O)cc1. The summed E-state index contributed by atoms with van der Waals surface area (Å²) in [7, 11) is 0. The Balaban J connectivity index is 2.84. The lowest BCUT2D eigenvalue weighted by molar-refractivity contribution is 0.0697. The van der Waals surface area contributed by atoms with Crippen LogP contribution in [0.2, 0.25) is 0 Å². The van der Waals surface area contributed by atoms with Gasteiger partial charge >= 0.3 is 5.97 Å². The van der Waals surface area contributed by atoms with Crippen LogP contribution in [0.25, 0.3) is 0 Å². The van der Waals surface area contributed by atoms with E-state index in [4.69, 9.17) is 17.3 Å². The van der Waals surface area contributed by atoms with Crippen LogP contribution in [0.4, 0.5) is 0 Å². The van der Waals surface area contributed by atoms with E-state index in [2.05, 4.69) is 13.8 Å². The maximum absolute atomic E-state index is 10.8. The van der Waals surface area contributed by atoms with E-state index in [1.165, 1.54) is 0 Å². The van der Waals surface area contributed by atoms with Crippen LogP contribution in [-0.4, -0.2) is 31.3 Å². The van der Waals surface area contributed by atoms with E-state index in [0.717, 1.165) is 22.1 Å². The van der Waals surface area contributed by atoms with Crippen LogP contribution in [0, 0.1) is 0 Å². The topological polar surface area (TPSA) is 40.5 Å². The Labute approximate surface area is 121 Å². The predicted molar refractivity (Wildman–Crippen MR) is 83.2 cm³/mol. The summed E-state index contributed by atoms with van der Waals surface area (Å²) in [5.74, 6) is 0.968. The summed E-state index contributed by atoms with van der Waals surface area (Å²) in [6, 6.07) is 6.67. The fourth-order valence-electron chi connectivity index (χ4n) is 1.25. The third kappa shape index (κ3) is 4.19. The molecular weight excluding hydrogens is 286 g/mol. The summed E-state index contributed by atoms with van der Waals surface area (Å²) in [5, 5.41) is 8.84. The molecule has 0 amide bonds. The van der Waals surface area contributed by atoms with Crippen LogP contribution < -0.4 is 0 Å². The molecule has 0 radical (unpaired) electrons. The minimum absolute atomic E-state index is 0.277. The van der Waals surface area contributed by atoms with E-state index in [1.807, 2.05) is 3.71 Å². The smallest absolute Gasteiger partial charge is 0.335 e. The van der Waals surface area contributed by atoms with E-state index >= 15 is 0 Å². The molecule has 0 spiro atoms. The highest BCUT2D eigenvalue weighted by atomic mass is 32.2. The molecule has 6 heteroatoms. The number of hydrogen-bond acceptors (Lipinski definition) is 4. The minimum atomic E-state index is -0.921. The predicted octanol–water partition coefficient (Wildman–Crippen LogP) is 3.70. The molecule has 0 fully saturated rings. The van der Waals surface area contributed by atoms with Gasteiger partial charge in [-0.25, -0.2) is 8.51 Å². The van der Waals surface area contributed by atoms with E-state index in [-0.39, 0.29) is 5.56 Å². The number of thiocarbonyl (C=S) groups is 1. The molecule has 0 aliphatic carbocycles. The van der Waals surface area contributed by atoms with Gasteiger partial charge in [-0.15, -0.1) is 0 Å². The van der Waals surface area contributed by atoms with Gasteiger partial charge in [-0.1, -0.05) is 38.2 Å². The van der Waals surface area contributed by atoms with Crippen molar-refractivity contribution in [2.75, 3.05) is 11.5 Å². The quantitative estimate of drug-likeness (QED) is 0.638. The Hall–Kier alpha value is -0.720. The third-order valence-corrected chi connectivity index (χ3v) is 4.67. The molecule has 0 atom stereocenters. The van der Waals surface area contributed by atoms with Gasteiger partial charge < -0.3 is 5.11 Å². The van der Waals surface area contributed by atoms with Gasteiger partial charge in [0.25, 0.3) is 0 Å². The van der Waals surface area contributed by atoms with Gasteiger partial charge in [0.05, 0.1) is 5.56 Å². The number of rotatable bonds is 6. The molecule has 98 valence electrons. The van der Waals surface area contributed by atoms with Gasteiger partial charge in [0.15, 0.2) is 0 Å². The lowest BCUT2D eigenvalue weighted by Crippen LogP contribution is -2.17. The second-order valence-corrected chi connectivity index (χ2v) is 6.30. The normalized spacial score (nSPS) is 10.1. The van der Waals surface area contributed by atoms with Gasteiger partial charge in [0, 0.05) is 17.1 Å². The van der Waals surface area contributed by atoms with E-state index in [0.29, 0.717) is 0 Å². The summed E-state index contributed by atoms with van der Waals surface area (Å²) in [4.78, 5) is 11.5. The molecule has 1 rings (SSSR count). The molecule has 18 heavy (non-hydrogen) atoms. The number of carbonyl (C=O) groups is 1. The molecule has 0 saturated heterocycles. The zero-order chi connectivity index (χ0) is 13.5. The molecule has 0 unspecified atom stereocenters. The van der Waals surface area contributed by atoms with Crippen LogP contribution in [0.1, 0.15) is 29.8 Å². The van der Waals surface area contributed by atoms with E-state index < -0.39 is 5.97 Å². The average molecular weight is 301 g/mol. The standard InChI is InChI=1S/C12H15NO2S3/c1-3-17-13(18-4-2)11(16)9-5-7-10(8-6-9)12(14)15/h5-8H,3-4H2,1-2H3,(H,14,15). The monoisotopic (exact) mass is 301 g/mol. The maximum atomic E-state index is 10.8. The van der Waals surface area contributed by atoms with Crippen molar-refractivity contribution in [2.24, 2.45) is 0 Å². The number of aromatic carboxylic acids is 1. The first-order valence-electron chi connectivity index (χ1n) is 5.53. The molecule has 0 saturated carbocycles. The van der Waals surface area contributed by atoms with Crippen molar-refractivity contribution < 1.29 is 9.90 Å². The zero-order valence-corrected chi connectivity index (χ0v) is 12.7. The number of nitrogens with zero attached hydrogens (tertiary/aromatic N) is 1. The molecule has 0 aromatic heterocycles. The molecule has 1 aromatic rings. The summed E-state index contributed by atoms with van der Waals surface area (Å²) in [6.45, 7) is 4.15. The fourth-order valence-corrected chi connectivity index (χ4v) is 3.55. The van der Waals surface area contributed by atoms with Gasteiger partial charge in [0.1, 0.15) is 4.99 Å². The zero-order valence-electron chi connectivity index (χ0n) is 10.3. The van der Waals surface area contributed by atoms with Crippen molar-refractivity contribution in [2.45, 2.75) is 13.8 Å². The van der Waals surface area contributed by atoms with Crippen molar-refractivity contribution in [3.63, 3.8) is 0 Å². The summed E-state index contributed by atoms with van der Waals surface area (Å²) in [6.07, 6.45) is 0. The number of hydrogen-bond donors (Lipinski definition) is 1. The Morgan fingerprint density at radius 2 is 1.61 bits per heavy atom. The van der Waals surface area contributed by atoms with Crippen LogP contribution in [0.3, 0.4) is 0 Å². The minimum Gasteiger partial charge on any atom is -0.478 e. The van der Waals surface area contributed by atoms with Crippen LogP contribution in [0.5, 0.6) is 0 Å². The average Bonchev–Trinajstić information content (AvgIpc) is 2.38. The van der Waals surface area contributed by atoms with E-state index in [9.17, 15) is 4.79 Å². The lowest BCUT2D eigenvalue weighted by atomic mass is 10.1. The second-order valence-electron chi connectivity index (χ2n) is 3.28. The maximum Gasteiger partial charge on any atom is 0.335 e. The Bertz CT molecular complexity index is 414. The number of benzene rings is 1. The van der Waals surface area contributed by atoms with Crippen LogP contribution in [0.15, 0.2) is 24.3 Å². The highest BCUT2D eigenvalue weighted by Gasteiger charge is 2.12. The van der Waals surface area contributed by atoms with E-state index in [1.54, 1.807) is 48.2 Å². The van der Waals surface area contributed by atoms with Gasteiger partial charge in [-0.05, 0) is 36.0 Å². The van der Waals surface area contributed by atoms with Crippen LogP contribution >= 0.6 is 36.1 Å². The number of carboxylic acids is 1. The molecule has 0 aliphatic heterocycles. The number of carboxylic acid groups (broad SMARTS) is 1. The summed E-state index contributed by atoms with van der Waals surface area (Å²) in [5.41, 5.74) is 1.15. The van der Waals surface area contributed by atoms with Crippen molar-refractivity contribution in [3.05, 3.63) is 35.4 Å². The van der Waals surface area contributed by atoms with Crippen molar-refractivity contribution in [3.8, 4) is 0 Å². The fraction of sp³-hybridized carbons (Fsp3) is 0.333. The van der Waals surface area contributed by atoms with Gasteiger partial charge in [-0.2, -0.15) is 0 Å². The first-order valence-corrected chi connectivity index (χ1v) is 7.83. The molecular formula is C12H15NO2S3. The van der Waals surface area contributed by atoms with Crippen molar-refractivity contribution in [1.82, 2.24) is 3.71 Å². The Morgan fingerprint density at radius 3 is 2.00 bits per heavy atom. The largest absolute Gasteiger partial charge is 0.478 e. The molecule has 3 nitrogen and oxygen atoms in total. The molecule has 0 heterocycles. The summed E-state index contributed by atoms with van der Waals surface area (Å²) >= 11 is 8.73. The first kappa shape index (κ1) is 15.3. The third-order valence-electron chi connectivity index (χ3n) is 2.04. The van der Waals surface area contributed by atoms with Gasteiger partial charge in [0.2, 0.25) is 0 Å². The molecule has 1 N–H and O–H groups in total. The lowest BCUT2D eigenvalue weighted by Gasteiger charge is -2.21. The second kappa shape index (κ2) is 7.66.